The van der Waals surface area contributed by atoms with E-state index < -0.39 is 17.5 Å². The van der Waals surface area contributed by atoms with Crippen LogP contribution in [0.15, 0.2) is 60.7 Å². The van der Waals surface area contributed by atoms with Crippen molar-refractivity contribution in [1.82, 2.24) is 0 Å². The molecule has 116 valence electrons. The first-order chi connectivity index (χ1) is 11.0. The lowest BCUT2D eigenvalue weighted by Gasteiger charge is -2.07. The molecule has 6 nitrogen and oxygen atoms in total. The first kappa shape index (κ1) is 16.0. The second-order valence-corrected chi connectivity index (χ2v) is 4.60. The average Bonchev–Trinajstić information content (AvgIpc) is 2.55. The molecule has 0 fully saturated rings. The number of aliphatic hydroxyl groups excluding tert-OH is 1. The number of amides is 1. The predicted molar refractivity (Wildman–Crippen MR) is 84.1 cm³/mol. The molecule has 0 heterocycles. The summed E-state index contributed by atoms with van der Waals surface area (Å²) in [5, 5.41) is 20.9. The van der Waals surface area contributed by atoms with E-state index in [2.05, 4.69) is 5.32 Å². The molecule has 23 heavy (non-hydrogen) atoms. The maximum absolute atomic E-state index is 12.0. The summed E-state index contributed by atoms with van der Waals surface area (Å²) >= 11 is 0. The van der Waals surface area contributed by atoms with Crippen LogP contribution in [-0.2, 0) is 9.59 Å². The Morgan fingerprint density at radius 1 is 0.870 bits per heavy atom. The van der Waals surface area contributed by atoms with E-state index in [0.29, 0.717) is 17.3 Å². The molecular formula is C17H13NO5. The smallest absolute Gasteiger partial charge is 0.376 e. The summed E-state index contributed by atoms with van der Waals surface area (Å²) in [7, 11) is 0. The molecule has 0 saturated heterocycles. The Hall–Kier alpha value is -3.41. The van der Waals surface area contributed by atoms with Crippen molar-refractivity contribution in [2.75, 3.05) is 5.32 Å². The first-order valence-electron chi connectivity index (χ1n) is 6.62. The van der Waals surface area contributed by atoms with Gasteiger partial charge in [-0.25, -0.2) is 4.79 Å². The summed E-state index contributed by atoms with van der Waals surface area (Å²) in [6, 6.07) is 14.7. The van der Waals surface area contributed by atoms with Gasteiger partial charge in [0.1, 0.15) is 5.76 Å². The van der Waals surface area contributed by atoms with E-state index in [-0.39, 0.29) is 11.5 Å². The van der Waals surface area contributed by atoms with Crippen molar-refractivity contribution < 1.29 is 24.6 Å². The Bertz CT molecular complexity index is 781. The third-order valence-electron chi connectivity index (χ3n) is 2.93. The molecule has 0 aliphatic heterocycles. The van der Waals surface area contributed by atoms with E-state index in [1.165, 1.54) is 12.1 Å². The highest BCUT2D eigenvalue weighted by Gasteiger charge is 2.11. The van der Waals surface area contributed by atoms with Gasteiger partial charge in [0, 0.05) is 22.9 Å². The van der Waals surface area contributed by atoms with Gasteiger partial charge in [0.15, 0.2) is 0 Å². The largest absolute Gasteiger partial charge is 0.507 e. The van der Waals surface area contributed by atoms with Crippen molar-refractivity contribution in [3.05, 3.63) is 71.8 Å². The van der Waals surface area contributed by atoms with Gasteiger partial charge >= 0.3 is 5.97 Å². The third kappa shape index (κ3) is 4.28. The molecule has 2 aromatic carbocycles. The minimum Gasteiger partial charge on any atom is -0.507 e. The van der Waals surface area contributed by atoms with Crippen LogP contribution in [0.4, 0.5) is 5.69 Å². The van der Waals surface area contributed by atoms with Gasteiger partial charge in [-0.1, -0.05) is 30.3 Å². The minimum atomic E-state index is -1.66. The number of hydrogen-bond acceptors (Lipinski definition) is 4. The lowest BCUT2D eigenvalue weighted by Crippen LogP contribution is -2.12. The van der Waals surface area contributed by atoms with Crippen LogP contribution < -0.4 is 5.32 Å². The van der Waals surface area contributed by atoms with Gasteiger partial charge in [0.2, 0.25) is 0 Å². The van der Waals surface area contributed by atoms with Gasteiger partial charge in [-0.3, -0.25) is 9.59 Å². The molecule has 2 rings (SSSR count). The van der Waals surface area contributed by atoms with E-state index in [1.54, 1.807) is 42.5 Å². The van der Waals surface area contributed by atoms with Crippen LogP contribution in [0.2, 0.25) is 0 Å². The van der Waals surface area contributed by atoms with Crippen LogP contribution in [0.25, 0.3) is 5.76 Å². The van der Waals surface area contributed by atoms with Crippen LogP contribution in [0.3, 0.4) is 0 Å². The molecule has 0 saturated carbocycles. The Kier molecular flexibility index (Phi) is 4.89. The van der Waals surface area contributed by atoms with Gasteiger partial charge in [0.05, 0.1) is 0 Å². The monoisotopic (exact) mass is 311 g/mol. The van der Waals surface area contributed by atoms with Crippen LogP contribution >= 0.6 is 0 Å². The molecule has 0 bridgehead atoms. The van der Waals surface area contributed by atoms with Crippen molar-refractivity contribution in [2.24, 2.45) is 0 Å². The van der Waals surface area contributed by atoms with E-state index in [4.69, 9.17) is 5.11 Å². The van der Waals surface area contributed by atoms with Crippen molar-refractivity contribution in [3.63, 3.8) is 0 Å². The van der Waals surface area contributed by atoms with Gasteiger partial charge in [-0.15, -0.1) is 0 Å². The summed E-state index contributed by atoms with van der Waals surface area (Å²) in [5.41, 5.74) is 1.09. The quantitative estimate of drug-likeness (QED) is 0.447. The Labute approximate surface area is 131 Å². The van der Waals surface area contributed by atoms with Crippen molar-refractivity contribution in [2.45, 2.75) is 0 Å². The van der Waals surface area contributed by atoms with Crippen molar-refractivity contribution in [1.29, 1.82) is 0 Å². The van der Waals surface area contributed by atoms with Gasteiger partial charge in [0.25, 0.3) is 11.7 Å². The number of hydrogen-bond donors (Lipinski definition) is 3. The van der Waals surface area contributed by atoms with Crippen LogP contribution in [-0.4, -0.2) is 27.9 Å². The predicted octanol–water partition coefficient (Wildman–Crippen LogP) is 2.49. The number of carbonyl (C=O) groups is 3. The molecule has 0 aromatic heterocycles. The van der Waals surface area contributed by atoms with Gasteiger partial charge < -0.3 is 15.5 Å². The summed E-state index contributed by atoms with van der Waals surface area (Å²) < 4.78 is 0. The molecule has 0 atom stereocenters. The highest BCUT2D eigenvalue weighted by atomic mass is 16.4. The number of anilines is 1. The Balaban J connectivity index is 2.19. The number of nitrogens with one attached hydrogen (secondary N) is 1. The Morgan fingerprint density at radius 2 is 1.52 bits per heavy atom. The van der Waals surface area contributed by atoms with Crippen LogP contribution in [0, 0.1) is 0 Å². The molecule has 6 heteroatoms. The highest BCUT2D eigenvalue weighted by molar-refractivity contribution is 6.38. The SMILES string of the molecule is O=C(O)C(=O)/C=C(\O)c1cccc(NC(=O)c2ccccc2)c1. The highest BCUT2D eigenvalue weighted by Crippen LogP contribution is 2.17. The van der Waals surface area contributed by atoms with Crippen LogP contribution in [0.1, 0.15) is 15.9 Å². The summed E-state index contributed by atoms with van der Waals surface area (Å²) in [4.78, 5) is 33.6. The van der Waals surface area contributed by atoms with E-state index in [9.17, 15) is 19.5 Å². The van der Waals surface area contributed by atoms with Gasteiger partial charge in [-0.05, 0) is 24.3 Å². The van der Waals surface area contributed by atoms with E-state index >= 15 is 0 Å². The summed E-state index contributed by atoms with van der Waals surface area (Å²) in [6.45, 7) is 0. The zero-order valence-corrected chi connectivity index (χ0v) is 11.9. The molecule has 0 unspecified atom stereocenters. The molecular weight excluding hydrogens is 298 g/mol. The zero-order chi connectivity index (χ0) is 16.8. The van der Waals surface area contributed by atoms with E-state index in [1.807, 2.05) is 0 Å². The topological polar surface area (TPSA) is 104 Å². The zero-order valence-electron chi connectivity index (χ0n) is 11.9. The standard InChI is InChI=1S/C17H13NO5/c19-14(10-15(20)17(22)23)12-7-4-8-13(9-12)18-16(21)11-5-2-1-3-6-11/h1-10,19H,(H,18,21)(H,22,23)/b14-10-. The maximum Gasteiger partial charge on any atom is 0.376 e. The molecule has 0 spiro atoms. The van der Waals surface area contributed by atoms with Crippen molar-refractivity contribution >= 4 is 29.1 Å². The fourth-order valence-corrected chi connectivity index (χ4v) is 1.82. The minimum absolute atomic E-state index is 0.213. The number of ketones is 1. The average molecular weight is 311 g/mol. The maximum atomic E-state index is 12.0. The molecule has 0 aliphatic rings. The van der Waals surface area contributed by atoms with Crippen LogP contribution in [0.5, 0.6) is 0 Å². The number of carboxylic acids is 1. The summed E-state index contributed by atoms with van der Waals surface area (Å²) in [5.74, 6) is -3.72. The number of aliphatic hydroxyl groups is 1. The molecule has 2 aromatic rings. The number of aliphatic carboxylic acids is 1. The fraction of sp³-hybridized carbons (Fsp3) is 0. The molecule has 0 radical (unpaired) electrons. The number of carboxylic acid groups (broad SMARTS) is 1. The summed E-state index contributed by atoms with van der Waals surface area (Å²) in [6.07, 6.45) is 0.612. The van der Waals surface area contributed by atoms with Gasteiger partial charge in [-0.2, -0.15) is 0 Å². The lowest BCUT2D eigenvalue weighted by atomic mass is 10.1. The first-order valence-corrected chi connectivity index (χ1v) is 6.62. The normalized spacial score (nSPS) is 10.9. The number of carbonyl (C=O) groups excluding carboxylic acids is 2. The van der Waals surface area contributed by atoms with Crippen molar-refractivity contribution in [3.8, 4) is 0 Å². The number of rotatable bonds is 5. The molecule has 1 amide bonds. The fourth-order valence-electron chi connectivity index (χ4n) is 1.82. The second-order valence-electron chi connectivity index (χ2n) is 4.60. The lowest BCUT2D eigenvalue weighted by molar-refractivity contribution is -0.146. The third-order valence-corrected chi connectivity index (χ3v) is 2.93. The molecule has 0 aliphatic carbocycles. The van der Waals surface area contributed by atoms with E-state index in [0.717, 1.165) is 0 Å². The number of benzene rings is 2. The molecule has 3 N–H and O–H groups in total. The Morgan fingerprint density at radius 3 is 2.17 bits per heavy atom. The second kappa shape index (κ2) is 7.04.